The molecule has 1 aliphatic carbocycles. The quantitative estimate of drug-likeness (QED) is 0.507. The van der Waals surface area contributed by atoms with E-state index in [-0.39, 0.29) is 11.2 Å². The summed E-state index contributed by atoms with van der Waals surface area (Å²) in [4.78, 5) is 0. The molecule has 166 valence electrons. The van der Waals surface area contributed by atoms with Gasteiger partial charge in [-0.2, -0.15) is 0 Å². The van der Waals surface area contributed by atoms with Crippen molar-refractivity contribution in [2.24, 2.45) is 0 Å². The molecule has 0 spiro atoms. The lowest BCUT2D eigenvalue weighted by Crippen LogP contribution is -2.17. The van der Waals surface area contributed by atoms with Gasteiger partial charge in [0.15, 0.2) is 0 Å². The molecule has 0 amide bonds. The van der Waals surface area contributed by atoms with Crippen LogP contribution in [0.25, 0.3) is 0 Å². The topological polar surface area (TPSA) is 43.5 Å². The predicted octanol–water partition coefficient (Wildman–Crippen LogP) is 5.77. The standard InChI is InChI=1S/C27H34O4/c1-19-14-23(10-13-25(19)29-16-27(3)18-31-27)22-6-4-20(5-7-22)21-8-11-24(12-9-21)28-15-26(2)17-30-26/h8-14,20,22H,4-7,15-18H2,1-3H3. The highest BCUT2D eigenvalue weighted by Crippen LogP contribution is 2.41. The molecule has 5 rings (SSSR count). The summed E-state index contributed by atoms with van der Waals surface area (Å²) in [5.74, 6) is 3.22. The van der Waals surface area contributed by atoms with Crippen LogP contribution in [0.1, 0.15) is 68.1 Å². The Morgan fingerprint density at radius 1 is 0.774 bits per heavy atom. The van der Waals surface area contributed by atoms with Gasteiger partial charge in [0.2, 0.25) is 0 Å². The van der Waals surface area contributed by atoms with E-state index in [1.54, 1.807) is 0 Å². The van der Waals surface area contributed by atoms with Crippen molar-refractivity contribution in [3.8, 4) is 11.5 Å². The molecule has 2 heterocycles. The molecule has 1 saturated carbocycles. The summed E-state index contributed by atoms with van der Waals surface area (Å²) in [7, 11) is 0. The maximum absolute atomic E-state index is 5.99. The van der Waals surface area contributed by atoms with Gasteiger partial charge < -0.3 is 18.9 Å². The van der Waals surface area contributed by atoms with Gasteiger partial charge >= 0.3 is 0 Å². The second kappa shape index (κ2) is 8.14. The van der Waals surface area contributed by atoms with Crippen LogP contribution in [-0.4, -0.2) is 37.6 Å². The summed E-state index contributed by atoms with van der Waals surface area (Å²) < 4.78 is 22.7. The summed E-state index contributed by atoms with van der Waals surface area (Å²) in [5, 5.41) is 0. The molecule has 2 aliphatic heterocycles. The van der Waals surface area contributed by atoms with Gasteiger partial charge in [0.1, 0.15) is 35.9 Å². The van der Waals surface area contributed by atoms with Crippen LogP contribution >= 0.6 is 0 Å². The Morgan fingerprint density at radius 2 is 1.29 bits per heavy atom. The summed E-state index contributed by atoms with van der Waals surface area (Å²) in [6.07, 6.45) is 4.96. The Hall–Kier alpha value is -2.04. The van der Waals surface area contributed by atoms with Crippen LogP contribution in [0.15, 0.2) is 42.5 Å². The molecule has 2 saturated heterocycles. The van der Waals surface area contributed by atoms with E-state index in [4.69, 9.17) is 18.9 Å². The van der Waals surface area contributed by atoms with Gasteiger partial charge in [-0.1, -0.05) is 24.3 Å². The third-order valence-corrected chi connectivity index (χ3v) is 7.10. The zero-order valence-electron chi connectivity index (χ0n) is 19.0. The molecule has 2 unspecified atom stereocenters. The van der Waals surface area contributed by atoms with Crippen LogP contribution in [0.2, 0.25) is 0 Å². The minimum atomic E-state index is -0.0718. The molecule has 4 nitrogen and oxygen atoms in total. The average Bonchev–Trinajstić information content (AvgIpc) is 3.71. The van der Waals surface area contributed by atoms with Crippen molar-refractivity contribution in [3.05, 3.63) is 59.2 Å². The highest BCUT2D eigenvalue weighted by atomic mass is 16.6. The molecular formula is C27H34O4. The first-order chi connectivity index (χ1) is 14.9. The van der Waals surface area contributed by atoms with E-state index >= 15 is 0 Å². The minimum absolute atomic E-state index is 0.0659. The van der Waals surface area contributed by atoms with E-state index in [0.29, 0.717) is 25.0 Å². The van der Waals surface area contributed by atoms with Gasteiger partial charge in [-0.05, 0) is 93.2 Å². The van der Waals surface area contributed by atoms with Crippen LogP contribution < -0.4 is 9.47 Å². The molecule has 0 aromatic heterocycles. The fourth-order valence-corrected chi connectivity index (χ4v) is 4.56. The largest absolute Gasteiger partial charge is 0.491 e. The fourth-order valence-electron chi connectivity index (χ4n) is 4.56. The van der Waals surface area contributed by atoms with E-state index in [9.17, 15) is 0 Å². The third kappa shape index (κ3) is 5.07. The first-order valence-corrected chi connectivity index (χ1v) is 11.7. The van der Waals surface area contributed by atoms with Crippen LogP contribution in [0, 0.1) is 6.92 Å². The maximum atomic E-state index is 5.99. The fraction of sp³-hybridized carbons (Fsp3) is 0.556. The van der Waals surface area contributed by atoms with E-state index in [1.165, 1.54) is 42.4 Å². The molecule has 0 N–H and O–H groups in total. The van der Waals surface area contributed by atoms with Gasteiger partial charge in [0, 0.05) is 0 Å². The van der Waals surface area contributed by atoms with E-state index < -0.39 is 0 Å². The normalized spacial score (nSPS) is 31.8. The second-order valence-corrected chi connectivity index (χ2v) is 10.2. The lowest BCUT2D eigenvalue weighted by Gasteiger charge is -2.29. The van der Waals surface area contributed by atoms with Crippen molar-refractivity contribution in [1.82, 2.24) is 0 Å². The summed E-state index contributed by atoms with van der Waals surface area (Å²) in [6.45, 7) is 9.21. The Bertz CT molecular complexity index is 903. The summed E-state index contributed by atoms with van der Waals surface area (Å²) >= 11 is 0. The van der Waals surface area contributed by atoms with Crippen LogP contribution in [-0.2, 0) is 9.47 Å². The van der Waals surface area contributed by atoms with E-state index in [0.717, 1.165) is 24.7 Å². The monoisotopic (exact) mass is 422 g/mol. The van der Waals surface area contributed by atoms with Gasteiger partial charge in [-0.25, -0.2) is 0 Å². The number of ether oxygens (including phenoxy) is 4. The van der Waals surface area contributed by atoms with Crippen molar-refractivity contribution in [2.45, 2.75) is 69.5 Å². The third-order valence-electron chi connectivity index (χ3n) is 7.10. The zero-order valence-corrected chi connectivity index (χ0v) is 19.0. The second-order valence-electron chi connectivity index (χ2n) is 10.2. The Balaban J connectivity index is 1.13. The lowest BCUT2D eigenvalue weighted by atomic mass is 9.76. The number of benzene rings is 2. The molecule has 31 heavy (non-hydrogen) atoms. The molecule has 3 aliphatic rings. The average molecular weight is 423 g/mol. The van der Waals surface area contributed by atoms with E-state index in [1.807, 2.05) is 0 Å². The van der Waals surface area contributed by atoms with Gasteiger partial charge in [-0.15, -0.1) is 0 Å². The minimum Gasteiger partial charge on any atom is -0.491 e. The van der Waals surface area contributed by atoms with Crippen molar-refractivity contribution < 1.29 is 18.9 Å². The number of epoxide rings is 2. The smallest absolute Gasteiger partial charge is 0.123 e. The number of hydrogen-bond donors (Lipinski definition) is 0. The van der Waals surface area contributed by atoms with Crippen LogP contribution in [0.3, 0.4) is 0 Å². The summed E-state index contributed by atoms with van der Waals surface area (Å²) in [6, 6.07) is 15.5. The maximum Gasteiger partial charge on any atom is 0.123 e. The Labute approximate surface area is 185 Å². The number of rotatable bonds is 8. The molecule has 4 heteroatoms. The van der Waals surface area contributed by atoms with Crippen LogP contribution in [0.4, 0.5) is 0 Å². The van der Waals surface area contributed by atoms with Crippen molar-refractivity contribution in [1.29, 1.82) is 0 Å². The zero-order chi connectivity index (χ0) is 21.5. The molecule has 2 aromatic carbocycles. The highest BCUT2D eigenvalue weighted by Gasteiger charge is 2.41. The van der Waals surface area contributed by atoms with Gasteiger partial charge in [-0.3, -0.25) is 0 Å². The molecule has 0 radical (unpaired) electrons. The van der Waals surface area contributed by atoms with Crippen molar-refractivity contribution in [3.63, 3.8) is 0 Å². The molecule has 2 aromatic rings. The summed E-state index contributed by atoms with van der Waals surface area (Å²) in [5.41, 5.74) is 3.98. The molecule has 0 bridgehead atoms. The first-order valence-electron chi connectivity index (χ1n) is 11.7. The molecule has 3 fully saturated rings. The predicted molar refractivity (Wildman–Crippen MR) is 121 cm³/mol. The first kappa shape index (κ1) is 20.8. The SMILES string of the molecule is Cc1cc(C2CCC(c3ccc(OCC4(C)CO4)cc3)CC2)ccc1OCC1(C)CO1. The Morgan fingerprint density at radius 3 is 1.84 bits per heavy atom. The van der Waals surface area contributed by atoms with Gasteiger partial charge in [0.25, 0.3) is 0 Å². The van der Waals surface area contributed by atoms with Crippen molar-refractivity contribution in [2.75, 3.05) is 26.4 Å². The number of aryl methyl sites for hydroxylation is 1. The van der Waals surface area contributed by atoms with Crippen LogP contribution in [0.5, 0.6) is 11.5 Å². The number of hydrogen-bond acceptors (Lipinski definition) is 4. The Kier molecular flexibility index (Phi) is 5.47. The lowest BCUT2D eigenvalue weighted by molar-refractivity contribution is 0.201. The van der Waals surface area contributed by atoms with Crippen molar-refractivity contribution >= 4 is 0 Å². The highest BCUT2D eigenvalue weighted by molar-refractivity contribution is 5.38. The van der Waals surface area contributed by atoms with Gasteiger partial charge in [0.05, 0.1) is 13.2 Å². The van der Waals surface area contributed by atoms with E-state index in [2.05, 4.69) is 63.2 Å². The molecular weight excluding hydrogens is 388 g/mol. The molecule has 2 atom stereocenters.